The number of rotatable bonds is 7. The summed E-state index contributed by atoms with van der Waals surface area (Å²) in [4.78, 5) is 15.2. The van der Waals surface area contributed by atoms with Gasteiger partial charge in [-0.15, -0.1) is 16.4 Å². The van der Waals surface area contributed by atoms with Gasteiger partial charge < -0.3 is 9.64 Å². The molecule has 0 unspecified atom stereocenters. The van der Waals surface area contributed by atoms with E-state index < -0.39 is 0 Å². The van der Waals surface area contributed by atoms with Crippen LogP contribution in [0.5, 0.6) is 5.75 Å². The van der Waals surface area contributed by atoms with E-state index in [2.05, 4.69) is 15.5 Å². The smallest absolute Gasteiger partial charge is 0.233 e. The van der Waals surface area contributed by atoms with Crippen LogP contribution in [0.1, 0.15) is 4.88 Å². The Balaban J connectivity index is 1.61. The molecule has 0 aliphatic rings. The molecule has 0 saturated carbocycles. The van der Waals surface area contributed by atoms with Crippen molar-refractivity contribution in [2.24, 2.45) is 0 Å². The zero-order valence-corrected chi connectivity index (χ0v) is 15.5. The van der Waals surface area contributed by atoms with Crippen LogP contribution in [-0.2, 0) is 11.3 Å². The van der Waals surface area contributed by atoms with Gasteiger partial charge in [-0.2, -0.15) is 4.68 Å². The van der Waals surface area contributed by atoms with E-state index >= 15 is 0 Å². The summed E-state index contributed by atoms with van der Waals surface area (Å²) in [6.07, 6.45) is 0. The maximum atomic E-state index is 12.3. The number of nitrogens with zero attached hydrogens (tertiary/aromatic N) is 5. The molecule has 0 atom stereocenters. The quantitative estimate of drug-likeness (QED) is 0.591. The Morgan fingerprint density at radius 2 is 2.12 bits per heavy atom. The lowest BCUT2D eigenvalue weighted by Crippen LogP contribution is -2.27. The lowest BCUT2D eigenvalue weighted by molar-refractivity contribution is -0.127. The number of amides is 1. The number of hydrogen-bond acceptors (Lipinski definition) is 7. The van der Waals surface area contributed by atoms with E-state index in [1.807, 2.05) is 41.8 Å². The highest BCUT2D eigenvalue weighted by Crippen LogP contribution is 2.21. The van der Waals surface area contributed by atoms with E-state index in [1.54, 1.807) is 35.1 Å². The zero-order chi connectivity index (χ0) is 17.6. The van der Waals surface area contributed by atoms with Crippen LogP contribution >= 0.6 is 23.1 Å². The molecule has 2 aromatic heterocycles. The van der Waals surface area contributed by atoms with Crippen molar-refractivity contribution in [1.82, 2.24) is 25.1 Å². The van der Waals surface area contributed by atoms with Crippen molar-refractivity contribution >= 4 is 29.0 Å². The topological polar surface area (TPSA) is 73.1 Å². The summed E-state index contributed by atoms with van der Waals surface area (Å²) in [7, 11) is 3.42. The van der Waals surface area contributed by atoms with E-state index in [0.717, 1.165) is 16.3 Å². The van der Waals surface area contributed by atoms with Crippen LogP contribution in [0.15, 0.2) is 46.9 Å². The first-order valence-corrected chi connectivity index (χ1v) is 9.36. The van der Waals surface area contributed by atoms with E-state index in [0.29, 0.717) is 11.7 Å². The SMILES string of the molecule is COc1ccc(-n2nnnc2SCC(=O)N(C)Cc2cccs2)cc1. The maximum absolute atomic E-state index is 12.3. The molecular weight excluding hydrogens is 358 g/mol. The predicted molar refractivity (Wildman–Crippen MR) is 97.2 cm³/mol. The zero-order valence-electron chi connectivity index (χ0n) is 13.8. The van der Waals surface area contributed by atoms with Gasteiger partial charge in [-0.05, 0) is 46.1 Å². The molecule has 130 valence electrons. The minimum Gasteiger partial charge on any atom is -0.497 e. The molecule has 0 fully saturated rings. The van der Waals surface area contributed by atoms with Gasteiger partial charge in [-0.25, -0.2) is 0 Å². The lowest BCUT2D eigenvalue weighted by atomic mass is 10.3. The van der Waals surface area contributed by atoms with Crippen molar-refractivity contribution in [2.75, 3.05) is 19.9 Å². The highest BCUT2D eigenvalue weighted by atomic mass is 32.2. The van der Waals surface area contributed by atoms with Crippen LogP contribution in [-0.4, -0.2) is 50.9 Å². The lowest BCUT2D eigenvalue weighted by Gasteiger charge is -2.15. The number of carbonyl (C=O) groups excluding carboxylic acids is 1. The normalized spacial score (nSPS) is 10.6. The third-order valence-corrected chi connectivity index (χ3v) is 5.25. The average molecular weight is 375 g/mol. The highest BCUT2D eigenvalue weighted by Gasteiger charge is 2.14. The Kier molecular flexibility index (Phi) is 5.67. The van der Waals surface area contributed by atoms with Crippen molar-refractivity contribution in [3.05, 3.63) is 46.7 Å². The first-order valence-electron chi connectivity index (χ1n) is 7.49. The molecule has 1 aromatic carbocycles. The van der Waals surface area contributed by atoms with Gasteiger partial charge in [0.05, 0.1) is 25.1 Å². The van der Waals surface area contributed by atoms with Crippen LogP contribution < -0.4 is 4.74 Å². The number of methoxy groups -OCH3 is 1. The number of tetrazole rings is 1. The van der Waals surface area contributed by atoms with Crippen molar-refractivity contribution in [1.29, 1.82) is 0 Å². The third kappa shape index (κ3) is 4.37. The molecule has 0 N–H and O–H groups in total. The van der Waals surface area contributed by atoms with Crippen LogP contribution in [0.2, 0.25) is 0 Å². The number of aromatic nitrogens is 4. The molecular formula is C16H17N5O2S2. The Labute approximate surface area is 153 Å². The first kappa shape index (κ1) is 17.4. The molecule has 2 heterocycles. The van der Waals surface area contributed by atoms with Gasteiger partial charge in [-0.3, -0.25) is 4.79 Å². The highest BCUT2D eigenvalue weighted by molar-refractivity contribution is 7.99. The molecule has 1 amide bonds. The molecule has 7 nitrogen and oxygen atoms in total. The fourth-order valence-corrected chi connectivity index (χ4v) is 3.70. The van der Waals surface area contributed by atoms with E-state index in [1.165, 1.54) is 11.8 Å². The summed E-state index contributed by atoms with van der Waals surface area (Å²) in [6, 6.07) is 11.4. The Morgan fingerprint density at radius 3 is 2.80 bits per heavy atom. The average Bonchev–Trinajstić information content (AvgIpc) is 3.31. The number of benzene rings is 1. The second kappa shape index (κ2) is 8.13. The van der Waals surface area contributed by atoms with Crippen molar-refractivity contribution in [3.8, 4) is 11.4 Å². The molecule has 0 aliphatic heterocycles. The van der Waals surface area contributed by atoms with Crippen molar-refractivity contribution in [2.45, 2.75) is 11.7 Å². The Morgan fingerprint density at radius 1 is 1.32 bits per heavy atom. The van der Waals surface area contributed by atoms with Crippen LogP contribution in [0, 0.1) is 0 Å². The molecule has 0 spiro atoms. The van der Waals surface area contributed by atoms with Crippen molar-refractivity contribution < 1.29 is 9.53 Å². The van der Waals surface area contributed by atoms with Crippen LogP contribution in [0.4, 0.5) is 0 Å². The van der Waals surface area contributed by atoms with E-state index in [-0.39, 0.29) is 11.7 Å². The van der Waals surface area contributed by atoms with E-state index in [4.69, 9.17) is 4.74 Å². The van der Waals surface area contributed by atoms with Gasteiger partial charge in [0, 0.05) is 11.9 Å². The molecule has 0 aliphatic carbocycles. The molecule has 0 radical (unpaired) electrons. The van der Waals surface area contributed by atoms with Gasteiger partial charge in [0.1, 0.15) is 5.75 Å². The standard InChI is InChI=1S/C16H17N5O2S2/c1-20(10-14-4-3-9-24-14)15(22)11-25-16-17-18-19-21(16)12-5-7-13(23-2)8-6-12/h3-9H,10-11H2,1-2H3. The largest absolute Gasteiger partial charge is 0.497 e. The minimum atomic E-state index is 0.0303. The molecule has 25 heavy (non-hydrogen) atoms. The second-order valence-corrected chi connectivity index (χ2v) is 7.16. The fourth-order valence-electron chi connectivity index (χ4n) is 2.12. The monoisotopic (exact) mass is 375 g/mol. The van der Waals surface area contributed by atoms with Gasteiger partial charge in [0.25, 0.3) is 0 Å². The van der Waals surface area contributed by atoms with Gasteiger partial charge >= 0.3 is 0 Å². The molecule has 3 rings (SSSR count). The summed E-state index contributed by atoms with van der Waals surface area (Å²) in [5.41, 5.74) is 0.813. The van der Waals surface area contributed by atoms with E-state index in [9.17, 15) is 4.79 Å². The van der Waals surface area contributed by atoms with Crippen molar-refractivity contribution in [3.63, 3.8) is 0 Å². The molecule has 0 saturated heterocycles. The molecule has 9 heteroatoms. The third-order valence-electron chi connectivity index (χ3n) is 3.48. The fraction of sp³-hybridized carbons (Fsp3) is 0.250. The second-order valence-electron chi connectivity index (χ2n) is 5.19. The Hall–Kier alpha value is -2.39. The summed E-state index contributed by atoms with van der Waals surface area (Å²) < 4.78 is 6.76. The molecule has 0 bridgehead atoms. The number of thioether (sulfide) groups is 1. The summed E-state index contributed by atoms with van der Waals surface area (Å²) in [6.45, 7) is 0.612. The number of carbonyl (C=O) groups is 1. The number of hydrogen-bond donors (Lipinski definition) is 0. The summed E-state index contributed by atoms with van der Waals surface area (Å²) >= 11 is 2.96. The summed E-state index contributed by atoms with van der Waals surface area (Å²) in [5.74, 6) is 1.07. The molecule has 3 aromatic rings. The number of thiophene rings is 1. The first-order chi connectivity index (χ1) is 12.2. The Bertz CT molecular complexity index is 817. The minimum absolute atomic E-state index is 0.0303. The number of ether oxygens (including phenoxy) is 1. The maximum Gasteiger partial charge on any atom is 0.233 e. The van der Waals surface area contributed by atoms with Crippen LogP contribution in [0.3, 0.4) is 0 Å². The van der Waals surface area contributed by atoms with Gasteiger partial charge in [-0.1, -0.05) is 17.8 Å². The predicted octanol–water partition coefficient (Wildman–Crippen LogP) is 2.48. The van der Waals surface area contributed by atoms with Crippen LogP contribution in [0.25, 0.3) is 5.69 Å². The van der Waals surface area contributed by atoms with Gasteiger partial charge in [0.2, 0.25) is 11.1 Å². The summed E-state index contributed by atoms with van der Waals surface area (Å²) in [5, 5.41) is 14.3. The van der Waals surface area contributed by atoms with Gasteiger partial charge in [0.15, 0.2) is 0 Å².